The first-order valence-electron chi connectivity index (χ1n) is 7.21. The van der Waals surface area contributed by atoms with Crippen LogP contribution in [-0.2, 0) is 4.74 Å². The highest BCUT2D eigenvalue weighted by molar-refractivity contribution is 7.11. The van der Waals surface area contributed by atoms with E-state index in [0.717, 1.165) is 37.0 Å². The van der Waals surface area contributed by atoms with Gasteiger partial charge in [-0.1, -0.05) is 12.8 Å². The number of esters is 1. The number of aliphatic hydroxyl groups excluding tert-OH is 1. The van der Waals surface area contributed by atoms with Crippen LogP contribution in [-0.4, -0.2) is 52.7 Å². The molecule has 21 heavy (non-hydrogen) atoms. The van der Waals surface area contributed by atoms with Crippen molar-refractivity contribution in [1.82, 2.24) is 9.88 Å². The van der Waals surface area contributed by atoms with Crippen LogP contribution in [0.4, 0.5) is 0 Å². The summed E-state index contributed by atoms with van der Waals surface area (Å²) < 4.78 is 4.87. The SMILES string of the molecule is CCOC(=O)c1nc(C(=O)N2CCCCCC2CO)cs1. The topological polar surface area (TPSA) is 79.7 Å². The van der Waals surface area contributed by atoms with E-state index < -0.39 is 5.97 Å². The number of amides is 1. The van der Waals surface area contributed by atoms with Gasteiger partial charge in [-0.05, 0) is 19.8 Å². The van der Waals surface area contributed by atoms with Gasteiger partial charge < -0.3 is 14.7 Å². The van der Waals surface area contributed by atoms with Gasteiger partial charge in [-0.3, -0.25) is 4.79 Å². The summed E-state index contributed by atoms with van der Waals surface area (Å²) in [6, 6.07) is -0.159. The first-order chi connectivity index (χ1) is 10.2. The lowest BCUT2D eigenvalue weighted by Gasteiger charge is -2.27. The summed E-state index contributed by atoms with van der Waals surface area (Å²) >= 11 is 1.11. The Hall–Kier alpha value is -1.47. The van der Waals surface area contributed by atoms with Crippen LogP contribution in [0.2, 0.25) is 0 Å². The lowest BCUT2D eigenvalue weighted by atomic mass is 10.1. The van der Waals surface area contributed by atoms with Crippen molar-refractivity contribution in [2.24, 2.45) is 0 Å². The fraction of sp³-hybridized carbons (Fsp3) is 0.643. The van der Waals surface area contributed by atoms with Crippen LogP contribution in [0.5, 0.6) is 0 Å². The fourth-order valence-corrected chi connectivity index (χ4v) is 3.12. The molecule has 1 N–H and O–H groups in total. The Morgan fingerprint density at radius 2 is 2.29 bits per heavy atom. The van der Waals surface area contributed by atoms with E-state index in [1.807, 2.05) is 0 Å². The summed E-state index contributed by atoms with van der Waals surface area (Å²) in [5.74, 6) is -0.723. The molecule has 116 valence electrons. The predicted molar refractivity (Wildman–Crippen MR) is 78.4 cm³/mol. The summed E-state index contributed by atoms with van der Waals surface area (Å²) in [5, 5.41) is 11.2. The minimum atomic E-state index is -0.504. The van der Waals surface area contributed by atoms with Crippen molar-refractivity contribution in [2.75, 3.05) is 19.8 Å². The van der Waals surface area contributed by atoms with E-state index >= 15 is 0 Å². The van der Waals surface area contributed by atoms with E-state index in [2.05, 4.69) is 4.98 Å². The summed E-state index contributed by atoms with van der Waals surface area (Å²) in [7, 11) is 0. The molecule has 7 heteroatoms. The second kappa shape index (κ2) is 7.51. The number of hydrogen-bond donors (Lipinski definition) is 1. The van der Waals surface area contributed by atoms with Crippen LogP contribution in [0.3, 0.4) is 0 Å². The quantitative estimate of drug-likeness (QED) is 0.856. The molecule has 1 fully saturated rings. The Morgan fingerprint density at radius 3 is 3.00 bits per heavy atom. The molecule has 0 radical (unpaired) electrons. The second-order valence-corrected chi connectivity index (χ2v) is 5.80. The molecule has 1 aromatic rings. The molecule has 2 rings (SSSR count). The van der Waals surface area contributed by atoms with E-state index in [1.165, 1.54) is 0 Å². The summed E-state index contributed by atoms with van der Waals surface area (Å²) in [6.45, 7) is 2.58. The molecule has 0 aliphatic carbocycles. The molecule has 1 aliphatic rings. The second-order valence-electron chi connectivity index (χ2n) is 4.94. The normalized spacial score (nSPS) is 19.1. The van der Waals surface area contributed by atoms with Crippen LogP contribution in [0.25, 0.3) is 0 Å². The maximum Gasteiger partial charge on any atom is 0.367 e. The van der Waals surface area contributed by atoms with Crippen LogP contribution >= 0.6 is 11.3 Å². The Kier molecular flexibility index (Phi) is 5.69. The van der Waals surface area contributed by atoms with E-state index in [0.29, 0.717) is 6.54 Å². The van der Waals surface area contributed by atoms with Crippen LogP contribution in [0.15, 0.2) is 5.38 Å². The van der Waals surface area contributed by atoms with Gasteiger partial charge in [0.2, 0.25) is 5.01 Å². The molecule has 0 bridgehead atoms. The van der Waals surface area contributed by atoms with Gasteiger partial charge in [-0.2, -0.15) is 0 Å². The zero-order chi connectivity index (χ0) is 15.2. The van der Waals surface area contributed by atoms with Crippen molar-refractivity contribution in [3.05, 3.63) is 16.1 Å². The van der Waals surface area contributed by atoms with E-state index in [4.69, 9.17) is 4.74 Å². The number of nitrogens with zero attached hydrogens (tertiary/aromatic N) is 2. The van der Waals surface area contributed by atoms with Crippen molar-refractivity contribution >= 4 is 23.2 Å². The number of aliphatic hydroxyl groups is 1. The predicted octanol–water partition coefficient (Wildman–Crippen LogP) is 1.70. The van der Waals surface area contributed by atoms with Gasteiger partial charge in [0.1, 0.15) is 5.69 Å². The van der Waals surface area contributed by atoms with Crippen molar-refractivity contribution in [1.29, 1.82) is 0 Å². The summed E-state index contributed by atoms with van der Waals surface area (Å²) in [4.78, 5) is 29.9. The van der Waals surface area contributed by atoms with Crippen LogP contribution in [0.1, 0.15) is 52.9 Å². The number of ether oxygens (including phenoxy) is 1. The summed E-state index contributed by atoms with van der Waals surface area (Å²) in [6.07, 6.45) is 3.81. The maximum atomic E-state index is 12.5. The molecule has 1 unspecified atom stereocenters. The summed E-state index contributed by atoms with van der Waals surface area (Å²) in [5.41, 5.74) is 0.253. The van der Waals surface area contributed by atoms with Crippen LogP contribution in [0, 0.1) is 0 Å². The van der Waals surface area contributed by atoms with Crippen molar-refractivity contribution in [3.8, 4) is 0 Å². The van der Waals surface area contributed by atoms with Gasteiger partial charge in [0, 0.05) is 11.9 Å². The Balaban J connectivity index is 2.12. The zero-order valence-corrected chi connectivity index (χ0v) is 12.9. The van der Waals surface area contributed by atoms with Gasteiger partial charge in [0.05, 0.1) is 19.3 Å². The third-order valence-corrected chi connectivity index (χ3v) is 4.34. The third-order valence-electron chi connectivity index (χ3n) is 3.52. The standard InChI is InChI=1S/C14H20N2O4S/c1-2-20-14(19)12-15-11(9-21-12)13(18)16-7-5-3-4-6-10(16)8-17/h9-10,17H,2-8H2,1H3. The highest BCUT2D eigenvalue weighted by Crippen LogP contribution is 2.20. The van der Waals surface area contributed by atoms with Crippen molar-refractivity contribution in [2.45, 2.75) is 38.6 Å². The number of hydrogen-bond acceptors (Lipinski definition) is 6. The molecule has 0 saturated carbocycles. The molecular weight excluding hydrogens is 292 g/mol. The molecular formula is C14H20N2O4S. The van der Waals surface area contributed by atoms with E-state index in [9.17, 15) is 14.7 Å². The number of likely N-dealkylation sites (tertiary alicyclic amines) is 1. The van der Waals surface area contributed by atoms with Gasteiger partial charge in [0.15, 0.2) is 0 Å². The minimum Gasteiger partial charge on any atom is -0.461 e. The third kappa shape index (κ3) is 3.79. The molecule has 0 spiro atoms. The monoisotopic (exact) mass is 312 g/mol. The lowest BCUT2D eigenvalue weighted by Crippen LogP contribution is -2.42. The number of carbonyl (C=O) groups excluding carboxylic acids is 2. The lowest BCUT2D eigenvalue weighted by molar-refractivity contribution is 0.0525. The molecule has 1 amide bonds. The largest absolute Gasteiger partial charge is 0.461 e. The number of aromatic nitrogens is 1. The van der Waals surface area contributed by atoms with Crippen molar-refractivity contribution < 1.29 is 19.4 Å². The molecule has 1 saturated heterocycles. The van der Waals surface area contributed by atoms with E-state index in [-0.39, 0.29) is 35.9 Å². The molecule has 1 aliphatic heterocycles. The van der Waals surface area contributed by atoms with E-state index in [1.54, 1.807) is 17.2 Å². The number of rotatable bonds is 4. The molecule has 0 aromatic carbocycles. The first kappa shape index (κ1) is 15.9. The highest BCUT2D eigenvalue weighted by atomic mass is 32.1. The van der Waals surface area contributed by atoms with Gasteiger partial charge >= 0.3 is 5.97 Å². The van der Waals surface area contributed by atoms with Gasteiger partial charge in [-0.25, -0.2) is 9.78 Å². The van der Waals surface area contributed by atoms with Gasteiger partial charge in [-0.15, -0.1) is 11.3 Å². The first-order valence-corrected chi connectivity index (χ1v) is 8.09. The fourth-order valence-electron chi connectivity index (χ4n) is 2.44. The molecule has 6 nitrogen and oxygen atoms in total. The average molecular weight is 312 g/mol. The number of thiazole rings is 1. The number of carbonyl (C=O) groups is 2. The minimum absolute atomic E-state index is 0.0411. The average Bonchev–Trinajstić information content (AvgIpc) is 2.85. The zero-order valence-electron chi connectivity index (χ0n) is 12.1. The van der Waals surface area contributed by atoms with Gasteiger partial charge in [0.25, 0.3) is 5.91 Å². The maximum absolute atomic E-state index is 12.5. The Morgan fingerprint density at radius 1 is 1.48 bits per heavy atom. The Bertz CT molecular complexity index is 503. The Labute approximate surface area is 127 Å². The highest BCUT2D eigenvalue weighted by Gasteiger charge is 2.28. The molecule has 1 atom stereocenters. The molecule has 1 aromatic heterocycles. The smallest absolute Gasteiger partial charge is 0.367 e. The van der Waals surface area contributed by atoms with Crippen molar-refractivity contribution in [3.63, 3.8) is 0 Å². The van der Waals surface area contributed by atoms with Crippen LogP contribution < -0.4 is 0 Å². The molecule has 2 heterocycles.